The molecule has 2 atom stereocenters. The first-order valence-electron chi connectivity index (χ1n) is 15.5. The van der Waals surface area contributed by atoms with Gasteiger partial charge < -0.3 is 24.6 Å². The van der Waals surface area contributed by atoms with Crippen molar-refractivity contribution in [2.75, 3.05) is 69.2 Å². The molecule has 5 heterocycles. The molecule has 46 heavy (non-hydrogen) atoms. The number of benzene rings is 2. The van der Waals surface area contributed by atoms with Crippen LogP contribution in [0.1, 0.15) is 12.0 Å². The number of nitrogens with one attached hydrogen (secondary N) is 1. The van der Waals surface area contributed by atoms with E-state index in [4.69, 9.17) is 9.47 Å². The van der Waals surface area contributed by atoms with Crippen molar-refractivity contribution >= 4 is 23.1 Å². The maximum Gasteiger partial charge on any atom is 0.253 e. The summed E-state index contributed by atoms with van der Waals surface area (Å²) in [5.41, 5.74) is 3.43. The minimum atomic E-state index is -1.40. The molecule has 4 aliphatic rings. The Kier molecular flexibility index (Phi) is 8.54. The number of ether oxygens (including phenoxy) is 2. The number of anilines is 3. The van der Waals surface area contributed by atoms with Crippen LogP contribution in [0.5, 0.6) is 5.75 Å². The minimum absolute atomic E-state index is 0.0925. The van der Waals surface area contributed by atoms with Crippen molar-refractivity contribution < 1.29 is 18.7 Å². The van der Waals surface area contributed by atoms with Crippen molar-refractivity contribution in [2.24, 2.45) is 10.2 Å². The van der Waals surface area contributed by atoms with E-state index in [1.165, 1.54) is 16.8 Å². The highest BCUT2D eigenvalue weighted by Crippen LogP contribution is 2.30. The lowest BCUT2D eigenvalue weighted by Gasteiger charge is -2.43. The van der Waals surface area contributed by atoms with Gasteiger partial charge in [-0.25, -0.2) is 14.4 Å². The molecule has 1 amide bonds. The zero-order valence-electron chi connectivity index (χ0n) is 25.3. The third-order valence-corrected chi connectivity index (χ3v) is 8.83. The number of rotatable bonds is 8. The standard InChI is InChI=1S/C33H34FN9O3/c34-28-19-43(33(44)24-17-37-38-18-24)10-8-30(28)46-29-6-1-22(15-23(29)16-35)32-36-9-7-31(40-32)39-25-2-4-26(5-3-25)41-11-13-42(14-12-41)27-20-45-21-27/h1-7,9,15,17,27-28,30H,8,10-14,18-21H2,(H,36,39,40)/t28-,30+/m1/s1. The Balaban J connectivity index is 0.964. The Labute approximate surface area is 266 Å². The lowest BCUT2D eigenvalue weighted by atomic mass is 10.0. The Morgan fingerprint density at radius 3 is 2.59 bits per heavy atom. The Morgan fingerprint density at radius 2 is 1.89 bits per heavy atom. The van der Waals surface area contributed by atoms with Crippen LogP contribution in [0.15, 0.2) is 76.7 Å². The topological polar surface area (TPSA) is 132 Å². The number of aromatic nitrogens is 2. The van der Waals surface area contributed by atoms with Crippen molar-refractivity contribution in [3.05, 3.63) is 72.1 Å². The van der Waals surface area contributed by atoms with E-state index in [-0.39, 0.29) is 30.3 Å². The van der Waals surface area contributed by atoms with Crippen LogP contribution in [0.2, 0.25) is 0 Å². The molecule has 0 spiro atoms. The zero-order chi connectivity index (χ0) is 31.5. The highest BCUT2D eigenvalue weighted by Gasteiger charge is 2.35. The third kappa shape index (κ3) is 6.40. The summed E-state index contributed by atoms with van der Waals surface area (Å²) in [5.74, 6) is 1.08. The summed E-state index contributed by atoms with van der Waals surface area (Å²) >= 11 is 0. The van der Waals surface area contributed by atoms with Crippen LogP contribution in [0.3, 0.4) is 0 Å². The Morgan fingerprint density at radius 1 is 1.07 bits per heavy atom. The molecule has 2 aromatic carbocycles. The number of carbonyl (C=O) groups is 1. The van der Waals surface area contributed by atoms with Gasteiger partial charge in [-0.1, -0.05) is 0 Å². The van der Waals surface area contributed by atoms with E-state index in [0.717, 1.165) is 45.1 Å². The smallest absolute Gasteiger partial charge is 0.253 e. The van der Waals surface area contributed by atoms with E-state index in [1.807, 2.05) is 12.1 Å². The number of alkyl halides is 1. The molecular weight excluding hydrogens is 589 g/mol. The number of hydrogen-bond acceptors (Lipinski definition) is 11. The van der Waals surface area contributed by atoms with Gasteiger partial charge in [0.05, 0.1) is 49.7 Å². The van der Waals surface area contributed by atoms with Crippen LogP contribution >= 0.6 is 0 Å². The summed E-state index contributed by atoms with van der Waals surface area (Å²) < 4.78 is 26.4. The molecule has 0 saturated carbocycles. The Hall–Kier alpha value is -4.93. The number of hydrogen-bond donors (Lipinski definition) is 1. The third-order valence-electron chi connectivity index (χ3n) is 8.83. The number of piperazine rings is 1. The van der Waals surface area contributed by atoms with Gasteiger partial charge in [0, 0.05) is 62.3 Å². The van der Waals surface area contributed by atoms with Gasteiger partial charge in [0.25, 0.3) is 5.91 Å². The lowest BCUT2D eigenvalue weighted by molar-refractivity contribution is -0.130. The predicted molar refractivity (Wildman–Crippen MR) is 169 cm³/mol. The van der Waals surface area contributed by atoms with Gasteiger partial charge in [0.15, 0.2) is 12.0 Å². The van der Waals surface area contributed by atoms with E-state index in [0.29, 0.717) is 41.8 Å². The molecule has 3 fully saturated rings. The second kappa shape index (κ2) is 13.2. The van der Waals surface area contributed by atoms with E-state index in [1.54, 1.807) is 30.5 Å². The minimum Gasteiger partial charge on any atom is -0.486 e. The first-order valence-corrected chi connectivity index (χ1v) is 15.5. The number of carbonyl (C=O) groups excluding carboxylic acids is 1. The SMILES string of the molecule is N#Cc1cc(-c2nccc(Nc3ccc(N4CCN(C5COC5)CC4)cc3)n2)ccc1O[C@H]1CCN(C(=O)C2=CN=NC2)C[C@H]1F. The normalized spacial score (nSPS) is 21.8. The maximum absolute atomic E-state index is 15.1. The van der Waals surface area contributed by atoms with Gasteiger partial charge in [-0.2, -0.15) is 15.5 Å². The number of nitriles is 1. The lowest BCUT2D eigenvalue weighted by Crippen LogP contribution is -2.56. The molecule has 13 heteroatoms. The second-order valence-corrected chi connectivity index (χ2v) is 11.8. The van der Waals surface area contributed by atoms with E-state index in [2.05, 4.69) is 53.5 Å². The number of piperidine rings is 1. The number of halogens is 1. The number of azo groups is 1. The van der Waals surface area contributed by atoms with Gasteiger partial charge in [0.2, 0.25) is 0 Å². The number of nitrogens with zero attached hydrogens (tertiary/aromatic N) is 8. The predicted octanol–water partition coefficient (Wildman–Crippen LogP) is 3.95. The monoisotopic (exact) mass is 623 g/mol. The summed E-state index contributed by atoms with van der Waals surface area (Å²) in [4.78, 5) is 28.0. The van der Waals surface area contributed by atoms with Crippen LogP contribution in [0, 0.1) is 11.3 Å². The summed E-state index contributed by atoms with van der Waals surface area (Å²) in [6.07, 6.45) is 1.19. The zero-order valence-corrected chi connectivity index (χ0v) is 25.3. The van der Waals surface area contributed by atoms with Gasteiger partial charge in [0.1, 0.15) is 23.7 Å². The molecule has 7 rings (SSSR count). The van der Waals surface area contributed by atoms with Crippen LogP contribution in [0.4, 0.5) is 21.6 Å². The molecule has 1 aromatic heterocycles. The molecule has 12 nitrogen and oxygen atoms in total. The van der Waals surface area contributed by atoms with Gasteiger partial charge in [-0.05, 0) is 48.5 Å². The highest BCUT2D eigenvalue weighted by atomic mass is 19.1. The molecule has 236 valence electrons. The van der Waals surface area contributed by atoms with Crippen LogP contribution < -0.4 is 15.0 Å². The fourth-order valence-corrected chi connectivity index (χ4v) is 6.07. The number of amides is 1. The first-order chi connectivity index (χ1) is 22.5. The van der Waals surface area contributed by atoms with E-state index < -0.39 is 12.3 Å². The largest absolute Gasteiger partial charge is 0.486 e. The average Bonchev–Trinajstić information content (AvgIpc) is 3.61. The van der Waals surface area contributed by atoms with Gasteiger partial charge >= 0.3 is 0 Å². The average molecular weight is 624 g/mol. The summed E-state index contributed by atoms with van der Waals surface area (Å²) in [6.45, 7) is 6.25. The highest BCUT2D eigenvalue weighted by molar-refractivity contribution is 5.94. The molecule has 3 saturated heterocycles. The Bertz CT molecular complexity index is 1680. The fourth-order valence-electron chi connectivity index (χ4n) is 6.07. The molecule has 0 bridgehead atoms. The number of likely N-dealkylation sites (tertiary alicyclic amines) is 1. The van der Waals surface area contributed by atoms with Crippen molar-refractivity contribution in [1.29, 1.82) is 5.26 Å². The van der Waals surface area contributed by atoms with E-state index in [9.17, 15) is 10.1 Å². The molecule has 0 radical (unpaired) electrons. The van der Waals surface area contributed by atoms with Crippen LogP contribution in [-0.2, 0) is 9.53 Å². The maximum atomic E-state index is 15.1. The quantitative estimate of drug-likeness (QED) is 0.396. The van der Waals surface area contributed by atoms with Crippen molar-refractivity contribution in [3.63, 3.8) is 0 Å². The summed E-state index contributed by atoms with van der Waals surface area (Å²) in [7, 11) is 0. The molecule has 3 aromatic rings. The van der Waals surface area contributed by atoms with Crippen molar-refractivity contribution in [2.45, 2.75) is 24.7 Å². The molecule has 0 unspecified atom stereocenters. The molecule has 0 aliphatic carbocycles. The van der Waals surface area contributed by atoms with E-state index >= 15 is 4.39 Å². The molecule has 1 N–H and O–H groups in total. The van der Waals surface area contributed by atoms with Gasteiger partial charge in [-0.3, -0.25) is 9.69 Å². The summed E-state index contributed by atoms with van der Waals surface area (Å²) in [5, 5.41) is 20.7. The van der Waals surface area contributed by atoms with Crippen molar-refractivity contribution in [1.82, 2.24) is 19.8 Å². The first kappa shape index (κ1) is 29.8. The fraction of sp³-hybridized carbons (Fsp3) is 0.394. The van der Waals surface area contributed by atoms with Crippen molar-refractivity contribution in [3.8, 4) is 23.2 Å². The second-order valence-electron chi connectivity index (χ2n) is 11.8. The molecular formula is C33H34FN9O3. The van der Waals surface area contributed by atoms with Gasteiger partial charge in [-0.15, -0.1) is 0 Å². The molecule has 4 aliphatic heterocycles. The van der Waals surface area contributed by atoms with Crippen LogP contribution in [-0.4, -0.2) is 103 Å². The summed E-state index contributed by atoms with van der Waals surface area (Å²) in [6, 6.07) is 17.9. The van der Waals surface area contributed by atoms with Crippen LogP contribution in [0.25, 0.3) is 11.4 Å².